The molecule has 11 heteroatoms. The van der Waals surface area contributed by atoms with Gasteiger partial charge in [-0.2, -0.15) is 5.10 Å². The van der Waals surface area contributed by atoms with Gasteiger partial charge in [0, 0.05) is 39.1 Å². The molecule has 0 radical (unpaired) electrons. The lowest BCUT2D eigenvalue weighted by molar-refractivity contribution is 0.0193. The number of aromatic nitrogens is 3. The van der Waals surface area contributed by atoms with Gasteiger partial charge in [-0.3, -0.25) is 10.1 Å². The van der Waals surface area contributed by atoms with E-state index in [9.17, 15) is 4.79 Å². The third kappa shape index (κ3) is 7.71. The number of H-pyrrole nitrogens is 1. The third-order valence-corrected chi connectivity index (χ3v) is 4.57. The van der Waals surface area contributed by atoms with Crippen LogP contribution in [0.1, 0.15) is 39.4 Å². The van der Waals surface area contributed by atoms with E-state index in [0.717, 1.165) is 18.7 Å². The van der Waals surface area contributed by atoms with E-state index in [4.69, 9.17) is 9.15 Å². The van der Waals surface area contributed by atoms with Crippen molar-refractivity contribution in [1.82, 2.24) is 30.7 Å². The number of hydrogen-bond donors (Lipinski definition) is 3. The molecule has 10 nitrogen and oxygen atoms in total. The number of nitrogens with zero attached hydrogens (tertiary/aromatic N) is 4. The Morgan fingerprint density at radius 3 is 2.94 bits per heavy atom. The molecule has 2 aromatic heterocycles. The van der Waals surface area contributed by atoms with Crippen LogP contribution in [-0.4, -0.2) is 70.5 Å². The standard InChI is InChI=1S/C20H31N7O3.HI/c1-20(2,3)30-19(28)27-11-5-7-14(13-27)23-18(21-4)22-10-9-16-24-17(26-25-16)15-8-6-12-29-15;/h6,8,12,14H,5,7,9-11,13H2,1-4H3,(H2,21,22,23)(H,24,25,26);1H. The number of aromatic amines is 1. The predicted octanol–water partition coefficient (Wildman–Crippen LogP) is 2.79. The summed E-state index contributed by atoms with van der Waals surface area (Å²) in [5.41, 5.74) is -0.493. The number of nitrogens with one attached hydrogen (secondary N) is 3. The average molecular weight is 545 g/mol. The largest absolute Gasteiger partial charge is 0.461 e. The maximum Gasteiger partial charge on any atom is 0.410 e. The normalized spacial score (nSPS) is 17.1. The Kier molecular flexibility index (Phi) is 9.14. The second kappa shape index (κ2) is 11.3. The van der Waals surface area contributed by atoms with Crippen LogP contribution in [0.2, 0.25) is 0 Å². The van der Waals surface area contributed by atoms with Crippen LogP contribution >= 0.6 is 24.0 Å². The zero-order valence-corrected chi connectivity index (χ0v) is 20.8. The SMILES string of the molecule is CN=C(NCCc1nc(-c2ccco2)n[nH]1)NC1CCCN(C(=O)OC(C)(C)C)C1.I. The van der Waals surface area contributed by atoms with Crippen molar-refractivity contribution in [2.24, 2.45) is 4.99 Å². The Hall–Kier alpha value is -2.31. The van der Waals surface area contributed by atoms with E-state index in [2.05, 4.69) is 30.8 Å². The first-order valence-corrected chi connectivity index (χ1v) is 10.2. The van der Waals surface area contributed by atoms with Gasteiger partial charge >= 0.3 is 6.09 Å². The number of rotatable bonds is 5. The molecule has 1 amide bonds. The lowest BCUT2D eigenvalue weighted by Gasteiger charge is -2.35. The molecule has 172 valence electrons. The zero-order valence-electron chi connectivity index (χ0n) is 18.5. The summed E-state index contributed by atoms with van der Waals surface area (Å²) in [5, 5.41) is 13.8. The summed E-state index contributed by atoms with van der Waals surface area (Å²) >= 11 is 0. The number of piperidine rings is 1. The smallest absolute Gasteiger partial charge is 0.410 e. The van der Waals surface area contributed by atoms with Crippen LogP contribution < -0.4 is 10.6 Å². The number of likely N-dealkylation sites (tertiary alicyclic amines) is 1. The Labute approximate surface area is 199 Å². The number of carbonyl (C=O) groups excluding carboxylic acids is 1. The van der Waals surface area contributed by atoms with Gasteiger partial charge < -0.3 is 24.7 Å². The summed E-state index contributed by atoms with van der Waals surface area (Å²) < 4.78 is 10.8. The Bertz CT molecular complexity index is 845. The third-order valence-electron chi connectivity index (χ3n) is 4.57. The van der Waals surface area contributed by atoms with Crippen LogP contribution in [0.25, 0.3) is 11.6 Å². The van der Waals surface area contributed by atoms with Gasteiger partial charge in [0.15, 0.2) is 11.7 Å². The van der Waals surface area contributed by atoms with E-state index >= 15 is 0 Å². The van der Waals surface area contributed by atoms with Crippen LogP contribution in [0.15, 0.2) is 27.8 Å². The minimum absolute atomic E-state index is 0. The lowest BCUT2D eigenvalue weighted by Crippen LogP contribution is -2.53. The van der Waals surface area contributed by atoms with Crippen molar-refractivity contribution >= 4 is 36.0 Å². The van der Waals surface area contributed by atoms with E-state index in [1.54, 1.807) is 24.3 Å². The topological polar surface area (TPSA) is 121 Å². The highest BCUT2D eigenvalue weighted by molar-refractivity contribution is 14.0. The highest BCUT2D eigenvalue weighted by Crippen LogP contribution is 2.16. The van der Waals surface area contributed by atoms with E-state index in [-0.39, 0.29) is 36.1 Å². The molecule has 3 rings (SSSR count). The molecule has 1 saturated heterocycles. The fraction of sp³-hybridized carbons (Fsp3) is 0.600. The predicted molar refractivity (Wildman–Crippen MR) is 129 cm³/mol. The zero-order chi connectivity index (χ0) is 21.6. The van der Waals surface area contributed by atoms with Crippen molar-refractivity contribution in [3.05, 3.63) is 24.2 Å². The van der Waals surface area contributed by atoms with Gasteiger partial charge in [0.05, 0.1) is 6.26 Å². The van der Waals surface area contributed by atoms with Crippen LogP contribution in [0.5, 0.6) is 0 Å². The number of amides is 1. The lowest BCUT2D eigenvalue weighted by atomic mass is 10.1. The fourth-order valence-electron chi connectivity index (χ4n) is 3.20. The van der Waals surface area contributed by atoms with Gasteiger partial charge in [-0.15, -0.1) is 24.0 Å². The number of ether oxygens (including phenoxy) is 1. The first-order chi connectivity index (χ1) is 14.3. The monoisotopic (exact) mass is 545 g/mol. The number of guanidine groups is 1. The van der Waals surface area contributed by atoms with E-state index in [1.807, 2.05) is 26.8 Å². The summed E-state index contributed by atoms with van der Waals surface area (Å²) in [6.45, 7) is 7.56. The summed E-state index contributed by atoms with van der Waals surface area (Å²) in [4.78, 5) is 22.8. The molecule has 1 aliphatic rings. The Morgan fingerprint density at radius 2 is 2.26 bits per heavy atom. The Morgan fingerprint density at radius 1 is 1.45 bits per heavy atom. The van der Waals surface area contributed by atoms with Gasteiger partial charge in [-0.25, -0.2) is 9.78 Å². The molecule has 0 bridgehead atoms. The van der Waals surface area contributed by atoms with Crippen LogP contribution in [0.4, 0.5) is 4.79 Å². The Balaban J connectivity index is 0.00000341. The minimum atomic E-state index is -0.493. The molecule has 1 fully saturated rings. The van der Waals surface area contributed by atoms with Crippen molar-refractivity contribution in [3.8, 4) is 11.6 Å². The first-order valence-electron chi connectivity index (χ1n) is 10.2. The van der Waals surface area contributed by atoms with Gasteiger partial charge in [0.1, 0.15) is 11.4 Å². The number of carbonyl (C=O) groups is 1. The molecule has 1 aliphatic heterocycles. The van der Waals surface area contributed by atoms with Gasteiger partial charge in [-0.1, -0.05) is 0 Å². The van der Waals surface area contributed by atoms with Gasteiger partial charge in [0.25, 0.3) is 0 Å². The van der Waals surface area contributed by atoms with Crippen molar-refractivity contribution < 1.29 is 13.9 Å². The number of furan rings is 1. The number of halogens is 1. The molecule has 0 spiro atoms. The molecule has 2 aromatic rings. The molecule has 0 aliphatic carbocycles. The molecule has 1 unspecified atom stereocenters. The second-order valence-corrected chi connectivity index (χ2v) is 8.24. The highest BCUT2D eigenvalue weighted by Gasteiger charge is 2.28. The maximum atomic E-state index is 12.3. The summed E-state index contributed by atoms with van der Waals surface area (Å²) in [7, 11) is 1.73. The highest BCUT2D eigenvalue weighted by atomic mass is 127. The minimum Gasteiger partial charge on any atom is -0.461 e. The van der Waals surface area contributed by atoms with E-state index in [0.29, 0.717) is 43.6 Å². The van der Waals surface area contributed by atoms with Crippen molar-refractivity contribution in [1.29, 1.82) is 0 Å². The number of hydrogen-bond acceptors (Lipinski definition) is 6. The van der Waals surface area contributed by atoms with E-state index in [1.165, 1.54) is 0 Å². The fourth-order valence-corrected chi connectivity index (χ4v) is 3.20. The summed E-state index contributed by atoms with van der Waals surface area (Å²) in [6.07, 6.45) is 3.87. The maximum absolute atomic E-state index is 12.3. The van der Waals surface area contributed by atoms with Crippen LogP contribution in [0, 0.1) is 0 Å². The van der Waals surface area contributed by atoms with Crippen molar-refractivity contribution in [2.45, 2.75) is 51.7 Å². The molecule has 0 aromatic carbocycles. The van der Waals surface area contributed by atoms with Gasteiger partial charge in [0.2, 0.25) is 5.82 Å². The summed E-state index contributed by atoms with van der Waals surface area (Å²) in [5.74, 6) is 2.63. The van der Waals surface area contributed by atoms with Crippen molar-refractivity contribution in [2.75, 3.05) is 26.7 Å². The quantitative estimate of drug-likeness (QED) is 0.300. The first kappa shape index (κ1) is 25.0. The van der Waals surface area contributed by atoms with Crippen LogP contribution in [0.3, 0.4) is 0 Å². The summed E-state index contributed by atoms with van der Waals surface area (Å²) in [6, 6.07) is 3.74. The van der Waals surface area contributed by atoms with Crippen molar-refractivity contribution in [3.63, 3.8) is 0 Å². The molecular weight excluding hydrogens is 513 g/mol. The number of aliphatic imine (C=N–C) groups is 1. The molecule has 1 atom stereocenters. The van der Waals surface area contributed by atoms with E-state index < -0.39 is 5.60 Å². The molecule has 3 N–H and O–H groups in total. The molecular formula is C20H32IN7O3. The molecule has 31 heavy (non-hydrogen) atoms. The average Bonchev–Trinajstić information content (AvgIpc) is 3.38. The van der Waals surface area contributed by atoms with Crippen LogP contribution in [-0.2, 0) is 11.2 Å². The molecule has 3 heterocycles. The van der Waals surface area contributed by atoms with Gasteiger partial charge in [-0.05, 0) is 45.7 Å². The molecule has 0 saturated carbocycles. The second-order valence-electron chi connectivity index (χ2n) is 8.24.